The van der Waals surface area contributed by atoms with Gasteiger partial charge >= 0.3 is 0 Å². The number of benzene rings is 1. The minimum absolute atomic E-state index is 0.176. The average molecular weight is 269 g/mol. The third-order valence-corrected chi connectivity index (χ3v) is 3.24. The molecule has 2 rings (SSSR count). The smallest absolute Gasteiger partial charge is 0.191 e. The van der Waals surface area contributed by atoms with E-state index in [-0.39, 0.29) is 11.9 Å². The summed E-state index contributed by atoms with van der Waals surface area (Å²) in [7, 11) is 0. The lowest BCUT2D eigenvalue weighted by Gasteiger charge is -2.16. The fourth-order valence-corrected chi connectivity index (χ4v) is 2.04. The van der Waals surface area contributed by atoms with Crippen LogP contribution in [0.4, 0.5) is 8.78 Å². The molecule has 1 N–H and O–H groups in total. The highest BCUT2D eigenvalue weighted by atomic mass is 19.1. The summed E-state index contributed by atoms with van der Waals surface area (Å²) in [6.07, 6.45) is 3.84. The molecule has 4 heteroatoms. The van der Waals surface area contributed by atoms with Crippen LogP contribution in [0, 0.1) is 11.6 Å². The van der Waals surface area contributed by atoms with Crippen molar-refractivity contribution in [2.75, 3.05) is 0 Å². The fourth-order valence-electron chi connectivity index (χ4n) is 2.04. The number of halogens is 2. The van der Waals surface area contributed by atoms with E-state index in [0.717, 1.165) is 25.7 Å². The molecule has 0 aromatic heterocycles. The molecule has 1 aliphatic rings. The quantitative estimate of drug-likeness (QED) is 0.813. The Labute approximate surface area is 113 Å². The van der Waals surface area contributed by atoms with E-state index in [1.165, 1.54) is 12.1 Å². The number of rotatable bonds is 7. The van der Waals surface area contributed by atoms with Gasteiger partial charge in [-0.3, -0.25) is 0 Å². The summed E-state index contributed by atoms with van der Waals surface area (Å²) in [5.41, 5.74) is 0.623. The first-order valence-corrected chi connectivity index (χ1v) is 6.98. The lowest BCUT2D eigenvalue weighted by molar-refractivity contribution is 0.191. The second-order valence-electron chi connectivity index (χ2n) is 5.26. The topological polar surface area (TPSA) is 21.3 Å². The van der Waals surface area contributed by atoms with Crippen molar-refractivity contribution in [2.24, 2.45) is 0 Å². The molecule has 0 bridgehead atoms. The molecule has 0 saturated heterocycles. The summed E-state index contributed by atoms with van der Waals surface area (Å²) in [5.74, 6) is -1.48. The van der Waals surface area contributed by atoms with Crippen LogP contribution in [-0.4, -0.2) is 12.1 Å². The molecular formula is C15H21F2NO. The molecule has 0 heterocycles. The van der Waals surface area contributed by atoms with Crippen molar-refractivity contribution in [1.29, 1.82) is 0 Å². The Balaban J connectivity index is 2.02. The molecule has 1 aromatic carbocycles. The van der Waals surface area contributed by atoms with E-state index in [9.17, 15) is 8.78 Å². The van der Waals surface area contributed by atoms with Gasteiger partial charge in [0.05, 0.1) is 6.10 Å². The summed E-state index contributed by atoms with van der Waals surface area (Å²) >= 11 is 0. The molecule has 0 radical (unpaired) electrons. The van der Waals surface area contributed by atoms with Crippen molar-refractivity contribution in [2.45, 2.75) is 58.2 Å². The van der Waals surface area contributed by atoms with E-state index in [0.29, 0.717) is 18.2 Å². The highest BCUT2D eigenvalue weighted by Crippen LogP contribution is 2.26. The van der Waals surface area contributed by atoms with Gasteiger partial charge in [-0.2, -0.15) is 0 Å². The Bertz CT molecular complexity index is 409. The SMILES string of the molecule is CCCC(C)Oc1c(F)cc(CNC2CC2)cc1F. The van der Waals surface area contributed by atoms with E-state index < -0.39 is 11.6 Å². The van der Waals surface area contributed by atoms with Crippen molar-refractivity contribution in [3.63, 3.8) is 0 Å². The largest absolute Gasteiger partial charge is 0.485 e. The average Bonchev–Trinajstić information content (AvgIpc) is 3.15. The van der Waals surface area contributed by atoms with E-state index in [2.05, 4.69) is 5.32 Å². The summed E-state index contributed by atoms with van der Waals surface area (Å²) < 4.78 is 33.1. The standard InChI is InChI=1S/C15H21F2NO/c1-3-4-10(2)19-15-13(16)7-11(8-14(15)17)9-18-12-5-6-12/h7-8,10,12,18H,3-6,9H2,1-2H3. The first-order valence-electron chi connectivity index (χ1n) is 6.98. The maximum atomic E-state index is 13.9. The molecule has 2 nitrogen and oxygen atoms in total. The fraction of sp³-hybridized carbons (Fsp3) is 0.600. The van der Waals surface area contributed by atoms with Crippen LogP contribution in [0.25, 0.3) is 0 Å². The third kappa shape index (κ3) is 4.16. The van der Waals surface area contributed by atoms with E-state index in [1.54, 1.807) is 0 Å². The van der Waals surface area contributed by atoms with E-state index >= 15 is 0 Å². The van der Waals surface area contributed by atoms with Gasteiger partial charge in [-0.05, 0) is 43.9 Å². The van der Waals surface area contributed by atoms with Gasteiger partial charge in [0.25, 0.3) is 0 Å². The zero-order valence-corrected chi connectivity index (χ0v) is 11.5. The van der Waals surface area contributed by atoms with E-state index in [4.69, 9.17) is 4.74 Å². The van der Waals surface area contributed by atoms with Crippen LogP contribution >= 0.6 is 0 Å². The molecule has 1 unspecified atom stereocenters. The molecule has 1 aliphatic carbocycles. The lowest BCUT2D eigenvalue weighted by Crippen LogP contribution is -2.17. The predicted octanol–water partition coefficient (Wildman–Crippen LogP) is 3.78. The molecule has 1 atom stereocenters. The Morgan fingerprint density at radius 3 is 2.47 bits per heavy atom. The first-order chi connectivity index (χ1) is 9.10. The molecule has 106 valence electrons. The molecule has 0 spiro atoms. The van der Waals surface area contributed by atoms with E-state index in [1.807, 2.05) is 13.8 Å². The molecule has 1 aromatic rings. The Hall–Kier alpha value is -1.16. The van der Waals surface area contributed by atoms with Gasteiger partial charge < -0.3 is 10.1 Å². The molecular weight excluding hydrogens is 248 g/mol. The van der Waals surface area contributed by atoms with Crippen LogP contribution in [0.1, 0.15) is 45.1 Å². The van der Waals surface area contributed by atoms with Gasteiger partial charge in [-0.25, -0.2) is 8.78 Å². The second kappa shape index (κ2) is 6.33. The lowest BCUT2D eigenvalue weighted by atomic mass is 10.2. The van der Waals surface area contributed by atoms with Crippen molar-refractivity contribution >= 4 is 0 Å². The van der Waals surface area contributed by atoms with Crippen LogP contribution < -0.4 is 10.1 Å². The maximum Gasteiger partial charge on any atom is 0.191 e. The van der Waals surface area contributed by atoms with Crippen molar-refractivity contribution < 1.29 is 13.5 Å². The molecule has 1 saturated carbocycles. The number of ether oxygens (including phenoxy) is 1. The van der Waals surface area contributed by atoms with Crippen molar-refractivity contribution in [1.82, 2.24) is 5.32 Å². The zero-order valence-electron chi connectivity index (χ0n) is 11.5. The van der Waals surface area contributed by atoms with Gasteiger partial charge in [0.15, 0.2) is 17.4 Å². The minimum Gasteiger partial charge on any atom is -0.485 e. The molecule has 1 fully saturated rings. The second-order valence-corrected chi connectivity index (χ2v) is 5.26. The van der Waals surface area contributed by atoms with Gasteiger partial charge in [0, 0.05) is 12.6 Å². The van der Waals surface area contributed by atoms with Gasteiger partial charge in [0.1, 0.15) is 0 Å². The molecule has 0 aliphatic heterocycles. The number of hydrogen-bond acceptors (Lipinski definition) is 2. The van der Waals surface area contributed by atoms with Crippen molar-refractivity contribution in [3.05, 3.63) is 29.3 Å². The summed E-state index contributed by atoms with van der Waals surface area (Å²) in [4.78, 5) is 0. The summed E-state index contributed by atoms with van der Waals surface area (Å²) in [6, 6.07) is 3.23. The Kier molecular flexibility index (Phi) is 4.75. The Morgan fingerprint density at radius 1 is 1.32 bits per heavy atom. The monoisotopic (exact) mass is 269 g/mol. The highest BCUT2D eigenvalue weighted by molar-refractivity contribution is 5.31. The Morgan fingerprint density at radius 2 is 1.95 bits per heavy atom. The third-order valence-electron chi connectivity index (χ3n) is 3.24. The summed E-state index contributed by atoms with van der Waals surface area (Å²) in [6.45, 7) is 4.34. The van der Waals surface area contributed by atoms with Crippen LogP contribution in [-0.2, 0) is 6.54 Å². The van der Waals surface area contributed by atoms with Crippen LogP contribution in [0.2, 0.25) is 0 Å². The van der Waals surface area contributed by atoms with Crippen LogP contribution in [0.3, 0.4) is 0 Å². The van der Waals surface area contributed by atoms with Crippen LogP contribution in [0.15, 0.2) is 12.1 Å². The van der Waals surface area contributed by atoms with Gasteiger partial charge in [-0.1, -0.05) is 13.3 Å². The maximum absolute atomic E-state index is 13.9. The van der Waals surface area contributed by atoms with Crippen LogP contribution in [0.5, 0.6) is 5.75 Å². The minimum atomic E-state index is -0.615. The number of hydrogen-bond donors (Lipinski definition) is 1. The van der Waals surface area contributed by atoms with Gasteiger partial charge in [-0.15, -0.1) is 0 Å². The summed E-state index contributed by atoms with van der Waals surface area (Å²) in [5, 5.41) is 3.23. The zero-order chi connectivity index (χ0) is 13.8. The first kappa shape index (κ1) is 14.3. The normalized spacial score (nSPS) is 16.4. The molecule has 0 amide bonds. The van der Waals surface area contributed by atoms with Gasteiger partial charge in [0.2, 0.25) is 0 Å². The number of nitrogens with one attached hydrogen (secondary N) is 1. The molecule has 19 heavy (non-hydrogen) atoms. The van der Waals surface area contributed by atoms with Crippen molar-refractivity contribution in [3.8, 4) is 5.75 Å². The highest BCUT2D eigenvalue weighted by Gasteiger charge is 2.21. The predicted molar refractivity (Wildman–Crippen MR) is 71.2 cm³/mol.